The quantitative estimate of drug-likeness (QED) is 0.416. The van der Waals surface area contributed by atoms with Gasteiger partial charge < -0.3 is 16.4 Å². The molecule has 0 aliphatic carbocycles. The molecule has 0 unspecified atom stereocenters. The van der Waals surface area contributed by atoms with Gasteiger partial charge in [0.05, 0.1) is 16.8 Å². The van der Waals surface area contributed by atoms with Crippen molar-refractivity contribution < 1.29 is 13.2 Å². The molecule has 5 N–H and O–H groups in total. The van der Waals surface area contributed by atoms with Gasteiger partial charge in [-0.2, -0.15) is 5.10 Å². The van der Waals surface area contributed by atoms with Gasteiger partial charge in [-0.05, 0) is 42.5 Å². The summed E-state index contributed by atoms with van der Waals surface area (Å²) in [4.78, 5) is 19.2. The van der Waals surface area contributed by atoms with Crippen LogP contribution in [0.5, 0.6) is 0 Å². The molecular formula is C16H16N8O3S2. The fourth-order valence-electron chi connectivity index (χ4n) is 2.35. The number of benzene rings is 1. The Hall–Kier alpha value is -3.58. The Bertz CT molecular complexity index is 1140. The van der Waals surface area contributed by atoms with Crippen LogP contribution in [0.1, 0.15) is 10.5 Å². The number of carbonyl (C=O) groups excluding carboxylic acids is 1. The van der Waals surface area contributed by atoms with Gasteiger partial charge in [0.2, 0.25) is 5.95 Å². The molecule has 0 aliphatic heterocycles. The van der Waals surface area contributed by atoms with E-state index >= 15 is 0 Å². The first-order valence-electron chi connectivity index (χ1n) is 8.06. The normalized spacial score (nSPS) is 10.9. The number of nitrogens with two attached hydrogens (primary N) is 1. The van der Waals surface area contributed by atoms with E-state index in [0.29, 0.717) is 11.4 Å². The molecule has 29 heavy (non-hydrogen) atoms. The average Bonchev–Trinajstić information content (AvgIpc) is 3.02. The molecule has 0 radical (unpaired) electrons. The van der Waals surface area contributed by atoms with Crippen molar-refractivity contribution in [1.29, 1.82) is 0 Å². The Morgan fingerprint density at radius 3 is 2.41 bits per heavy atom. The standard InChI is InChI=1S/C16H16N8O3S2/c1-24-13(14(17)25)12(9-20-24)22-16(28)21-10-3-5-11(6-4-10)29(26,27)23-15-18-7-2-8-19-15/h2-9H,1H3,(H2,17,25)(H,18,19,23)(H2,21,22,28). The second-order valence-corrected chi connectivity index (χ2v) is 7.77. The number of aromatic nitrogens is 4. The molecule has 2 aromatic heterocycles. The SMILES string of the molecule is Cn1ncc(NC(=S)Nc2ccc(S(=O)(=O)Nc3ncccn3)cc2)c1C(N)=O. The Labute approximate surface area is 171 Å². The van der Waals surface area contributed by atoms with Crippen LogP contribution in [0, 0.1) is 0 Å². The monoisotopic (exact) mass is 432 g/mol. The smallest absolute Gasteiger partial charge is 0.269 e. The molecule has 3 aromatic rings. The predicted octanol–water partition coefficient (Wildman–Crippen LogP) is 0.919. The van der Waals surface area contributed by atoms with E-state index in [-0.39, 0.29) is 21.7 Å². The van der Waals surface area contributed by atoms with Crippen molar-refractivity contribution in [2.45, 2.75) is 4.90 Å². The lowest BCUT2D eigenvalue weighted by atomic mass is 10.3. The van der Waals surface area contributed by atoms with Crippen molar-refractivity contribution in [2.75, 3.05) is 15.4 Å². The molecule has 0 fully saturated rings. The highest BCUT2D eigenvalue weighted by atomic mass is 32.2. The van der Waals surface area contributed by atoms with Gasteiger partial charge in [0, 0.05) is 25.1 Å². The van der Waals surface area contributed by atoms with Crippen LogP contribution < -0.4 is 21.1 Å². The number of amides is 1. The molecule has 0 aliphatic rings. The molecule has 0 saturated heterocycles. The van der Waals surface area contributed by atoms with Crippen LogP contribution in [-0.4, -0.2) is 39.2 Å². The van der Waals surface area contributed by atoms with Gasteiger partial charge >= 0.3 is 0 Å². The summed E-state index contributed by atoms with van der Waals surface area (Å²) in [6.07, 6.45) is 4.27. The number of anilines is 3. The first-order chi connectivity index (χ1) is 13.8. The maximum absolute atomic E-state index is 12.4. The minimum Gasteiger partial charge on any atom is -0.364 e. The van der Waals surface area contributed by atoms with E-state index in [4.69, 9.17) is 18.0 Å². The second kappa shape index (κ2) is 8.20. The third kappa shape index (κ3) is 4.83. The van der Waals surface area contributed by atoms with Gasteiger partial charge in [0.25, 0.3) is 15.9 Å². The summed E-state index contributed by atoms with van der Waals surface area (Å²) in [5.74, 6) is -0.679. The molecule has 3 rings (SSSR count). The van der Waals surface area contributed by atoms with Crippen LogP contribution in [0.25, 0.3) is 0 Å². The molecule has 0 saturated carbocycles. The minimum atomic E-state index is -3.83. The Balaban J connectivity index is 1.67. The zero-order chi connectivity index (χ0) is 21.0. The van der Waals surface area contributed by atoms with Crippen molar-refractivity contribution in [2.24, 2.45) is 12.8 Å². The highest BCUT2D eigenvalue weighted by Gasteiger charge is 2.17. The third-order valence-electron chi connectivity index (χ3n) is 3.63. The topological polar surface area (TPSA) is 157 Å². The Morgan fingerprint density at radius 1 is 1.14 bits per heavy atom. The molecule has 0 atom stereocenters. The number of hydrogen-bond donors (Lipinski definition) is 4. The minimum absolute atomic E-state index is 0.0256. The Kier molecular flexibility index (Phi) is 5.70. The summed E-state index contributed by atoms with van der Waals surface area (Å²) in [5.41, 5.74) is 6.38. The van der Waals surface area contributed by atoms with Gasteiger partial charge in [-0.3, -0.25) is 9.48 Å². The van der Waals surface area contributed by atoms with Crippen molar-refractivity contribution in [1.82, 2.24) is 19.7 Å². The van der Waals surface area contributed by atoms with Gasteiger partial charge in [-0.15, -0.1) is 0 Å². The van der Waals surface area contributed by atoms with E-state index in [0.717, 1.165) is 0 Å². The number of sulfonamides is 1. The summed E-state index contributed by atoms with van der Waals surface area (Å²) >= 11 is 5.21. The summed E-state index contributed by atoms with van der Waals surface area (Å²) in [5, 5.41) is 9.84. The maximum atomic E-state index is 12.4. The molecule has 2 heterocycles. The molecule has 13 heteroatoms. The van der Waals surface area contributed by atoms with E-state index in [9.17, 15) is 13.2 Å². The molecule has 1 amide bonds. The van der Waals surface area contributed by atoms with Gasteiger partial charge in [0.1, 0.15) is 5.69 Å². The lowest BCUT2D eigenvalue weighted by Crippen LogP contribution is -2.23. The van der Waals surface area contributed by atoms with E-state index in [2.05, 4.69) is 30.4 Å². The van der Waals surface area contributed by atoms with Crippen molar-refractivity contribution >= 4 is 50.6 Å². The van der Waals surface area contributed by atoms with E-state index in [1.54, 1.807) is 13.1 Å². The zero-order valence-corrected chi connectivity index (χ0v) is 16.7. The molecule has 1 aromatic carbocycles. The lowest BCUT2D eigenvalue weighted by Gasteiger charge is -2.11. The van der Waals surface area contributed by atoms with E-state index in [1.165, 1.54) is 47.5 Å². The van der Waals surface area contributed by atoms with Crippen LogP contribution >= 0.6 is 12.2 Å². The number of hydrogen-bond acceptors (Lipinski definition) is 7. The number of thiocarbonyl (C=S) groups is 1. The molecule has 0 spiro atoms. The number of primary amides is 1. The van der Waals surface area contributed by atoms with Crippen LogP contribution in [0.2, 0.25) is 0 Å². The van der Waals surface area contributed by atoms with Gasteiger partial charge in [0.15, 0.2) is 5.11 Å². The van der Waals surface area contributed by atoms with Gasteiger partial charge in [-0.1, -0.05) is 0 Å². The number of rotatable bonds is 6. The Morgan fingerprint density at radius 2 is 1.79 bits per heavy atom. The fourth-order valence-corrected chi connectivity index (χ4v) is 3.54. The lowest BCUT2D eigenvalue weighted by molar-refractivity contribution is 0.0992. The van der Waals surface area contributed by atoms with Crippen LogP contribution in [0.15, 0.2) is 53.8 Å². The number of nitrogens with one attached hydrogen (secondary N) is 3. The van der Waals surface area contributed by atoms with Crippen molar-refractivity contribution in [3.63, 3.8) is 0 Å². The highest BCUT2D eigenvalue weighted by Crippen LogP contribution is 2.18. The largest absolute Gasteiger partial charge is 0.364 e. The van der Waals surface area contributed by atoms with E-state index in [1.807, 2.05) is 0 Å². The van der Waals surface area contributed by atoms with Crippen LogP contribution in [0.4, 0.5) is 17.3 Å². The summed E-state index contributed by atoms with van der Waals surface area (Å²) < 4.78 is 28.4. The van der Waals surface area contributed by atoms with Gasteiger partial charge in [-0.25, -0.2) is 23.1 Å². The molecule has 11 nitrogen and oxygen atoms in total. The number of nitrogens with zero attached hydrogens (tertiary/aromatic N) is 4. The van der Waals surface area contributed by atoms with Crippen LogP contribution in [0.3, 0.4) is 0 Å². The molecule has 150 valence electrons. The first-order valence-corrected chi connectivity index (χ1v) is 9.95. The second-order valence-electron chi connectivity index (χ2n) is 5.68. The van der Waals surface area contributed by atoms with Crippen LogP contribution in [-0.2, 0) is 17.1 Å². The van der Waals surface area contributed by atoms with E-state index < -0.39 is 15.9 Å². The predicted molar refractivity (Wildman–Crippen MR) is 111 cm³/mol. The third-order valence-corrected chi connectivity index (χ3v) is 5.18. The van der Waals surface area contributed by atoms with Crippen molar-refractivity contribution in [3.8, 4) is 0 Å². The zero-order valence-electron chi connectivity index (χ0n) is 15.0. The molecule has 0 bridgehead atoms. The maximum Gasteiger partial charge on any atom is 0.269 e. The summed E-state index contributed by atoms with van der Waals surface area (Å²) in [6, 6.07) is 7.44. The number of carbonyl (C=O) groups is 1. The first kappa shape index (κ1) is 20.2. The summed E-state index contributed by atoms with van der Waals surface area (Å²) in [7, 11) is -2.25. The van der Waals surface area contributed by atoms with Crippen molar-refractivity contribution in [3.05, 3.63) is 54.6 Å². The fraction of sp³-hybridized carbons (Fsp3) is 0.0625. The number of aryl methyl sites for hydroxylation is 1. The summed E-state index contributed by atoms with van der Waals surface area (Å²) in [6.45, 7) is 0. The molecular weight excluding hydrogens is 416 g/mol. The average molecular weight is 432 g/mol. The highest BCUT2D eigenvalue weighted by molar-refractivity contribution is 7.92.